The van der Waals surface area contributed by atoms with E-state index >= 15 is 0 Å². The van der Waals surface area contributed by atoms with Crippen LogP contribution < -0.4 is 20.1 Å². The van der Waals surface area contributed by atoms with Gasteiger partial charge in [-0.25, -0.2) is 0 Å². The van der Waals surface area contributed by atoms with Gasteiger partial charge in [-0.1, -0.05) is 31.4 Å². The van der Waals surface area contributed by atoms with Crippen molar-refractivity contribution in [2.24, 2.45) is 4.99 Å². The van der Waals surface area contributed by atoms with Crippen molar-refractivity contribution < 1.29 is 23.0 Å². The number of nitrogens with one attached hydrogen (secondary N) is 2. The molecule has 0 amide bonds. The molecule has 6 nitrogen and oxygen atoms in total. The molecule has 0 atom stereocenters. The number of hydrogen-bond acceptors (Lipinski definition) is 5. The number of benzene rings is 1. The summed E-state index contributed by atoms with van der Waals surface area (Å²) in [5, 5.41) is 6.77. The van der Waals surface area contributed by atoms with E-state index in [9.17, 15) is 8.78 Å². The lowest BCUT2D eigenvalue weighted by Gasteiger charge is -2.43. The van der Waals surface area contributed by atoms with E-state index in [4.69, 9.17) is 9.73 Å². The van der Waals surface area contributed by atoms with Crippen LogP contribution in [0.15, 0.2) is 54.1 Å². The van der Waals surface area contributed by atoms with Crippen molar-refractivity contribution in [2.75, 3.05) is 30.4 Å². The molecule has 0 unspecified atom stereocenters. The van der Waals surface area contributed by atoms with Gasteiger partial charge in [0, 0.05) is 38.2 Å². The monoisotopic (exact) mass is 389 g/mol. The highest BCUT2D eigenvalue weighted by Gasteiger charge is 2.46. The molecule has 3 heterocycles. The number of rotatable bonds is 4. The third-order valence-corrected chi connectivity index (χ3v) is 4.98. The second kappa shape index (κ2) is 6.94. The second-order valence-electron chi connectivity index (χ2n) is 6.80. The van der Waals surface area contributed by atoms with Crippen LogP contribution in [0, 0.1) is 0 Å². The number of allylic oxidation sites excluding steroid dienone is 2. The minimum absolute atomic E-state index is 0.00325. The summed E-state index contributed by atoms with van der Waals surface area (Å²) >= 11 is 0. The Bertz CT molecular complexity index is 874. The summed E-state index contributed by atoms with van der Waals surface area (Å²) in [7, 11) is 0. The van der Waals surface area contributed by atoms with Crippen molar-refractivity contribution in [3.63, 3.8) is 0 Å². The van der Waals surface area contributed by atoms with E-state index in [1.807, 2.05) is 6.08 Å². The summed E-state index contributed by atoms with van der Waals surface area (Å²) < 4.78 is 41.5. The Labute approximate surface area is 161 Å². The molecule has 1 spiro atoms. The zero-order valence-corrected chi connectivity index (χ0v) is 15.3. The molecule has 148 valence electrons. The lowest BCUT2D eigenvalue weighted by Crippen LogP contribution is -2.55. The summed E-state index contributed by atoms with van der Waals surface area (Å²) in [5.41, 5.74) is 1.71. The standard InChI is InChI=1S/C20H21F2N3O3/c1-3-5-13(4-2)12-23-18-19(6-8-26-9-7-19)25-15-11-17-16(10-14(15)24-18)27-20(21,22)28-17/h3-5,10-11,25H,1-2,6-9,12H2,(H,23,24)/b13-5+. The number of nitrogens with zero attached hydrogens (tertiary/aromatic N) is 1. The number of hydrogen-bond donors (Lipinski definition) is 2. The zero-order valence-electron chi connectivity index (χ0n) is 15.3. The molecule has 8 heteroatoms. The average Bonchev–Trinajstić information content (AvgIpc) is 2.96. The van der Waals surface area contributed by atoms with E-state index in [0.29, 0.717) is 44.0 Å². The zero-order chi connectivity index (χ0) is 19.8. The van der Waals surface area contributed by atoms with E-state index in [0.717, 1.165) is 11.4 Å². The molecular weight excluding hydrogens is 368 g/mol. The van der Waals surface area contributed by atoms with Crippen LogP contribution in [-0.2, 0) is 4.74 Å². The number of amidine groups is 1. The number of ether oxygens (including phenoxy) is 3. The van der Waals surface area contributed by atoms with Crippen molar-refractivity contribution in [1.82, 2.24) is 0 Å². The maximum atomic E-state index is 13.4. The van der Waals surface area contributed by atoms with Crippen LogP contribution in [-0.4, -0.2) is 37.4 Å². The van der Waals surface area contributed by atoms with E-state index in [1.54, 1.807) is 12.2 Å². The highest BCUT2D eigenvalue weighted by Crippen LogP contribution is 2.48. The minimum Gasteiger partial charge on any atom is -0.395 e. The van der Waals surface area contributed by atoms with E-state index < -0.39 is 11.8 Å². The molecule has 0 radical (unpaired) electrons. The molecule has 4 rings (SSSR count). The van der Waals surface area contributed by atoms with Gasteiger partial charge in [0.15, 0.2) is 11.5 Å². The second-order valence-corrected chi connectivity index (χ2v) is 6.80. The summed E-state index contributed by atoms with van der Waals surface area (Å²) in [6.45, 7) is 9.05. The van der Waals surface area contributed by atoms with Gasteiger partial charge in [-0.05, 0) is 5.57 Å². The largest absolute Gasteiger partial charge is 0.586 e. The molecule has 1 aromatic rings. The van der Waals surface area contributed by atoms with Crippen LogP contribution in [0.1, 0.15) is 12.8 Å². The predicted octanol–water partition coefficient (Wildman–Crippen LogP) is 4.09. The Morgan fingerprint density at radius 2 is 1.82 bits per heavy atom. The normalized spacial score (nSPS) is 22.9. The quantitative estimate of drug-likeness (QED) is 0.760. The number of halogens is 2. The summed E-state index contributed by atoms with van der Waals surface area (Å²) in [6, 6.07) is 3.02. The lowest BCUT2D eigenvalue weighted by atomic mass is 9.86. The fourth-order valence-electron chi connectivity index (χ4n) is 3.55. The van der Waals surface area contributed by atoms with Gasteiger partial charge in [0.2, 0.25) is 0 Å². The van der Waals surface area contributed by atoms with Crippen molar-refractivity contribution in [3.8, 4) is 11.5 Å². The Balaban J connectivity index is 1.70. The van der Waals surface area contributed by atoms with Crippen LogP contribution in [0.3, 0.4) is 0 Å². The maximum Gasteiger partial charge on any atom is 0.586 e. The highest BCUT2D eigenvalue weighted by molar-refractivity contribution is 6.10. The first-order valence-corrected chi connectivity index (χ1v) is 9.00. The third kappa shape index (κ3) is 3.35. The van der Waals surface area contributed by atoms with Gasteiger partial charge < -0.3 is 24.8 Å². The predicted molar refractivity (Wildman–Crippen MR) is 103 cm³/mol. The molecule has 1 aromatic carbocycles. The Hall–Kier alpha value is -2.87. The van der Waals surface area contributed by atoms with Crippen molar-refractivity contribution in [1.29, 1.82) is 0 Å². The minimum atomic E-state index is -3.66. The maximum absolute atomic E-state index is 13.4. The summed E-state index contributed by atoms with van der Waals surface area (Å²) in [5.74, 6) is 0.716. The van der Waals surface area contributed by atoms with E-state index in [-0.39, 0.29) is 11.5 Å². The molecule has 0 bridgehead atoms. The van der Waals surface area contributed by atoms with Crippen molar-refractivity contribution in [2.45, 2.75) is 24.7 Å². The Kier molecular flexibility index (Phi) is 4.58. The number of aliphatic imine (C=N–C) groups is 1. The molecule has 1 saturated heterocycles. The first-order valence-electron chi connectivity index (χ1n) is 9.00. The van der Waals surface area contributed by atoms with Crippen LogP contribution >= 0.6 is 0 Å². The van der Waals surface area contributed by atoms with Crippen molar-refractivity contribution >= 4 is 17.2 Å². The van der Waals surface area contributed by atoms with Crippen LogP contribution in [0.25, 0.3) is 0 Å². The first-order chi connectivity index (χ1) is 13.4. The molecule has 3 aliphatic rings. The average molecular weight is 389 g/mol. The molecule has 1 fully saturated rings. The molecular formula is C20H21F2N3O3. The SMILES string of the molecule is C=C/C=C(\C=C)CN=C1Nc2cc3c(cc2NC12CCOCC2)OC(F)(F)O3. The van der Waals surface area contributed by atoms with Gasteiger partial charge >= 0.3 is 6.29 Å². The summed E-state index contributed by atoms with van der Waals surface area (Å²) in [6.07, 6.45) is 2.98. The number of anilines is 2. The van der Waals surface area contributed by atoms with Gasteiger partial charge in [0.25, 0.3) is 0 Å². The molecule has 3 aliphatic heterocycles. The smallest absolute Gasteiger partial charge is 0.395 e. The third-order valence-electron chi connectivity index (χ3n) is 4.98. The van der Waals surface area contributed by atoms with Gasteiger partial charge in [-0.15, -0.1) is 8.78 Å². The molecule has 0 saturated carbocycles. The van der Waals surface area contributed by atoms with Crippen LogP contribution in [0.2, 0.25) is 0 Å². The van der Waals surface area contributed by atoms with Crippen LogP contribution in [0.5, 0.6) is 11.5 Å². The topological polar surface area (TPSA) is 64.1 Å². The van der Waals surface area contributed by atoms with Gasteiger partial charge in [-0.2, -0.15) is 0 Å². The fraction of sp³-hybridized carbons (Fsp3) is 0.350. The van der Waals surface area contributed by atoms with Gasteiger partial charge in [-0.3, -0.25) is 4.99 Å². The molecule has 0 aromatic heterocycles. The van der Waals surface area contributed by atoms with E-state index in [1.165, 1.54) is 12.1 Å². The summed E-state index contributed by atoms with van der Waals surface area (Å²) in [4.78, 5) is 4.75. The fourth-order valence-corrected chi connectivity index (χ4v) is 3.55. The number of fused-ring (bicyclic) bond motifs is 2. The first kappa shape index (κ1) is 18.5. The molecule has 28 heavy (non-hydrogen) atoms. The van der Waals surface area contributed by atoms with Crippen LogP contribution in [0.4, 0.5) is 20.2 Å². The van der Waals surface area contributed by atoms with E-state index in [2.05, 4.69) is 33.3 Å². The van der Waals surface area contributed by atoms with Gasteiger partial charge in [0.05, 0.1) is 23.5 Å². The Morgan fingerprint density at radius 3 is 2.46 bits per heavy atom. The number of alkyl halides is 2. The Morgan fingerprint density at radius 1 is 1.14 bits per heavy atom. The van der Waals surface area contributed by atoms with Gasteiger partial charge in [0.1, 0.15) is 5.84 Å². The highest BCUT2D eigenvalue weighted by atomic mass is 19.3. The molecule has 2 N–H and O–H groups in total. The molecule has 0 aliphatic carbocycles. The lowest BCUT2D eigenvalue weighted by molar-refractivity contribution is -0.286. The van der Waals surface area contributed by atoms with Crippen molar-refractivity contribution in [3.05, 3.63) is 49.1 Å².